The summed E-state index contributed by atoms with van der Waals surface area (Å²) >= 11 is 0. The number of sulfonamides is 1. The lowest BCUT2D eigenvalue weighted by Gasteiger charge is -2.04. The maximum Gasteiger partial charge on any atom is 0.263 e. The smallest absolute Gasteiger partial charge is 0.205 e. The molecular formula is C9H8F2NO2S. The molecule has 1 rings (SSSR count). The molecule has 0 aromatic heterocycles. The minimum Gasteiger partial charge on any atom is -0.205 e. The van der Waals surface area contributed by atoms with Gasteiger partial charge in [-0.05, 0) is 12.1 Å². The Morgan fingerprint density at radius 3 is 2.33 bits per heavy atom. The highest BCUT2D eigenvalue weighted by Gasteiger charge is 2.23. The van der Waals surface area contributed by atoms with E-state index in [1.165, 1.54) is 6.08 Å². The van der Waals surface area contributed by atoms with Crippen LogP contribution in [0.4, 0.5) is 8.78 Å². The van der Waals surface area contributed by atoms with Crippen molar-refractivity contribution in [1.82, 2.24) is 4.72 Å². The quantitative estimate of drug-likeness (QED) is 0.737. The van der Waals surface area contributed by atoms with Crippen LogP contribution in [0.5, 0.6) is 0 Å². The lowest BCUT2D eigenvalue weighted by atomic mass is 10.3. The van der Waals surface area contributed by atoms with Crippen molar-refractivity contribution in [2.45, 2.75) is 4.90 Å². The normalized spacial score (nSPS) is 11.3. The summed E-state index contributed by atoms with van der Waals surface area (Å²) in [5.41, 5.74) is 0. The highest BCUT2D eigenvalue weighted by molar-refractivity contribution is 7.89. The van der Waals surface area contributed by atoms with Gasteiger partial charge in [0.1, 0.15) is 11.6 Å². The summed E-state index contributed by atoms with van der Waals surface area (Å²) in [6.07, 6.45) is 1.22. The van der Waals surface area contributed by atoms with Gasteiger partial charge in [-0.3, -0.25) is 0 Å². The van der Waals surface area contributed by atoms with E-state index in [-0.39, 0.29) is 6.54 Å². The van der Waals surface area contributed by atoms with Crippen LogP contribution >= 0.6 is 0 Å². The Labute approximate surface area is 86.5 Å². The number of nitrogens with zero attached hydrogens (tertiary/aromatic N) is 1. The second-order valence-electron chi connectivity index (χ2n) is 2.63. The lowest BCUT2D eigenvalue weighted by Crippen LogP contribution is -2.19. The number of halogens is 2. The summed E-state index contributed by atoms with van der Waals surface area (Å²) in [4.78, 5) is -1.02. The highest BCUT2D eigenvalue weighted by Crippen LogP contribution is 2.18. The van der Waals surface area contributed by atoms with E-state index in [4.69, 9.17) is 0 Å². The Bertz CT molecular complexity index is 451. The zero-order valence-corrected chi connectivity index (χ0v) is 8.47. The molecular weight excluding hydrogens is 224 g/mol. The minimum atomic E-state index is -4.28. The number of benzene rings is 1. The zero-order chi connectivity index (χ0) is 11.5. The molecule has 0 aliphatic carbocycles. The van der Waals surface area contributed by atoms with E-state index in [9.17, 15) is 17.2 Å². The van der Waals surface area contributed by atoms with Crippen molar-refractivity contribution < 1.29 is 17.2 Å². The van der Waals surface area contributed by atoms with Gasteiger partial charge in [-0.15, -0.1) is 11.3 Å². The molecule has 0 fully saturated rings. The topological polar surface area (TPSA) is 48.2 Å². The minimum absolute atomic E-state index is 0.212. The molecule has 0 heterocycles. The third-order valence-electron chi connectivity index (χ3n) is 1.55. The first-order chi connectivity index (χ1) is 6.99. The average Bonchev–Trinajstić information content (AvgIpc) is 2.14. The van der Waals surface area contributed by atoms with Crippen molar-refractivity contribution >= 4 is 10.0 Å². The predicted octanol–water partition coefficient (Wildman–Crippen LogP) is 1.44. The first kappa shape index (κ1) is 11.8. The summed E-state index contributed by atoms with van der Waals surface area (Å²) in [7, 11) is -4.28. The molecule has 0 amide bonds. The van der Waals surface area contributed by atoms with Gasteiger partial charge in [0.15, 0.2) is 4.90 Å². The molecule has 1 aromatic carbocycles. The number of rotatable bonds is 4. The zero-order valence-electron chi connectivity index (χ0n) is 7.65. The van der Waals surface area contributed by atoms with Crippen molar-refractivity contribution in [3.8, 4) is 0 Å². The number of hydrogen-bond donors (Lipinski definition) is 0. The third-order valence-corrected chi connectivity index (χ3v) is 2.95. The summed E-state index contributed by atoms with van der Waals surface area (Å²) in [6.45, 7) is 3.04. The Hall–Kier alpha value is -1.27. The van der Waals surface area contributed by atoms with Crippen LogP contribution in [0.1, 0.15) is 0 Å². The first-order valence-electron chi connectivity index (χ1n) is 3.97. The van der Waals surface area contributed by atoms with Gasteiger partial charge in [0, 0.05) is 6.54 Å². The lowest BCUT2D eigenvalue weighted by molar-refractivity contribution is 0.515. The Morgan fingerprint density at radius 1 is 1.33 bits per heavy atom. The first-order valence-corrected chi connectivity index (χ1v) is 5.41. The van der Waals surface area contributed by atoms with Crippen LogP contribution in [0.3, 0.4) is 0 Å². The molecule has 6 heteroatoms. The van der Waals surface area contributed by atoms with Crippen molar-refractivity contribution in [1.29, 1.82) is 0 Å². The van der Waals surface area contributed by atoms with Crippen LogP contribution in [0.2, 0.25) is 0 Å². The molecule has 3 nitrogen and oxygen atoms in total. The maximum absolute atomic E-state index is 13.1. The largest absolute Gasteiger partial charge is 0.263 e. The van der Waals surface area contributed by atoms with Crippen LogP contribution in [0.25, 0.3) is 0 Å². The average molecular weight is 232 g/mol. The van der Waals surface area contributed by atoms with Gasteiger partial charge in [0.05, 0.1) is 0 Å². The molecule has 0 saturated carbocycles. The Balaban J connectivity index is 3.21. The standard InChI is InChI=1S/C9H8F2NO2S/c1-2-6-12-15(13,14)9-7(10)4-3-5-8(9)11/h2-5H,1,6H2. The van der Waals surface area contributed by atoms with E-state index in [0.717, 1.165) is 18.2 Å². The molecule has 0 aliphatic rings. The summed E-state index contributed by atoms with van der Waals surface area (Å²) in [5, 5.41) is 0. The molecule has 0 saturated heterocycles. The molecule has 0 N–H and O–H groups in total. The van der Waals surface area contributed by atoms with E-state index in [1.807, 2.05) is 0 Å². The van der Waals surface area contributed by atoms with Gasteiger partial charge < -0.3 is 0 Å². The van der Waals surface area contributed by atoms with Gasteiger partial charge in [0.2, 0.25) is 0 Å². The maximum atomic E-state index is 13.1. The van der Waals surface area contributed by atoms with Crippen molar-refractivity contribution in [2.75, 3.05) is 6.54 Å². The number of hydrogen-bond acceptors (Lipinski definition) is 2. The molecule has 0 aliphatic heterocycles. The molecule has 15 heavy (non-hydrogen) atoms. The predicted molar refractivity (Wildman–Crippen MR) is 50.7 cm³/mol. The molecule has 0 unspecified atom stereocenters. The molecule has 0 spiro atoms. The molecule has 81 valence electrons. The van der Waals surface area contributed by atoms with Crippen LogP contribution < -0.4 is 4.72 Å². The molecule has 1 aromatic rings. The van der Waals surface area contributed by atoms with Gasteiger partial charge in [-0.2, -0.15) is 0 Å². The third kappa shape index (κ3) is 2.60. The molecule has 0 atom stereocenters. The summed E-state index contributed by atoms with van der Waals surface area (Å²) < 4.78 is 52.0. The summed E-state index contributed by atoms with van der Waals surface area (Å²) in [6, 6.07) is 2.80. The monoisotopic (exact) mass is 232 g/mol. The van der Waals surface area contributed by atoms with E-state index in [1.54, 1.807) is 0 Å². The van der Waals surface area contributed by atoms with Gasteiger partial charge in [0.25, 0.3) is 10.0 Å². The van der Waals surface area contributed by atoms with Crippen molar-refractivity contribution in [2.24, 2.45) is 0 Å². The van der Waals surface area contributed by atoms with E-state index >= 15 is 0 Å². The van der Waals surface area contributed by atoms with Crippen LogP contribution in [0, 0.1) is 11.6 Å². The van der Waals surface area contributed by atoms with Gasteiger partial charge >= 0.3 is 0 Å². The molecule has 1 radical (unpaired) electrons. The fourth-order valence-corrected chi connectivity index (χ4v) is 2.00. The summed E-state index contributed by atoms with van der Waals surface area (Å²) in [5.74, 6) is -2.30. The highest BCUT2D eigenvalue weighted by atomic mass is 32.2. The van der Waals surface area contributed by atoms with E-state index in [0.29, 0.717) is 0 Å². The Morgan fingerprint density at radius 2 is 1.87 bits per heavy atom. The van der Waals surface area contributed by atoms with E-state index in [2.05, 4.69) is 11.3 Å². The van der Waals surface area contributed by atoms with Crippen molar-refractivity contribution in [3.63, 3.8) is 0 Å². The fourth-order valence-electron chi connectivity index (χ4n) is 0.944. The molecule has 0 bridgehead atoms. The SMILES string of the molecule is C=CC[N]S(=O)(=O)c1c(F)cccc1F. The van der Waals surface area contributed by atoms with Crippen LogP contribution in [-0.4, -0.2) is 15.0 Å². The fraction of sp³-hybridized carbons (Fsp3) is 0.111. The van der Waals surface area contributed by atoms with Crippen LogP contribution in [0.15, 0.2) is 35.7 Å². The van der Waals surface area contributed by atoms with Crippen LogP contribution in [-0.2, 0) is 10.0 Å². The second-order valence-corrected chi connectivity index (χ2v) is 4.24. The van der Waals surface area contributed by atoms with Gasteiger partial charge in [-0.25, -0.2) is 17.2 Å². The van der Waals surface area contributed by atoms with Crippen molar-refractivity contribution in [3.05, 3.63) is 42.5 Å². The second kappa shape index (κ2) is 4.50. The van der Waals surface area contributed by atoms with Gasteiger partial charge in [-0.1, -0.05) is 12.1 Å². The Kier molecular flexibility index (Phi) is 3.54. The van der Waals surface area contributed by atoms with E-state index < -0.39 is 26.6 Å².